The predicted molar refractivity (Wildman–Crippen MR) is 108 cm³/mol. The molecule has 4 rings (SSSR count). The normalized spacial score (nSPS) is 10.8. The van der Waals surface area contributed by atoms with Crippen LogP contribution in [0.5, 0.6) is 0 Å². The Balaban J connectivity index is 1.56. The largest absolute Gasteiger partial charge is 0.353 e. The van der Waals surface area contributed by atoms with Crippen LogP contribution in [0.25, 0.3) is 22.4 Å². The van der Waals surface area contributed by atoms with Crippen molar-refractivity contribution in [2.75, 3.05) is 11.9 Å². The number of aryl methyl sites for hydroxylation is 1. The quantitative estimate of drug-likeness (QED) is 0.429. The topological polar surface area (TPSA) is 51.0 Å². The third kappa shape index (κ3) is 4.09. The summed E-state index contributed by atoms with van der Waals surface area (Å²) in [5.41, 5.74) is 4.59. The second kappa shape index (κ2) is 8.48. The maximum Gasteiger partial charge on any atom is 0.233 e. The van der Waals surface area contributed by atoms with Crippen LogP contribution in [0.1, 0.15) is 12.0 Å². The van der Waals surface area contributed by atoms with E-state index in [-0.39, 0.29) is 5.82 Å². The molecule has 0 amide bonds. The van der Waals surface area contributed by atoms with E-state index in [0.29, 0.717) is 11.6 Å². The van der Waals surface area contributed by atoms with Gasteiger partial charge in [-0.2, -0.15) is 0 Å². The van der Waals surface area contributed by atoms with Gasteiger partial charge in [-0.1, -0.05) is 35.5 Å². The van der Waals surface area contributed by atoms with E-state index < -0.39 is 0 Å². The summed E-state index contributed by atoms with van der Waals surface area (Å²) >= 11 is 0. The van der Waals surface area contributed by atoms with Crippen LogP contribution in [0, 0.1) is 5.82 Å². The third-order valence-electron chi connectivity index (χ3n) is 4.55. The van der Waals surface area contributed by atoms with E-state index in [2.05, 4.69) is 39.7 Å². The molecule has 1 N–H and O–H groups in total. The number of hydrogen-bond donors (Lipinski definition) is 1. The van der Waals surface area contributed by atoms with Crippen molar-refractivity contribution in [2.45, 2.75) is 12.8 Å². The molecule has 4 aromatic rings. The number of benzene rings is 2. The fourth-order valence-electron chi connectivity index (χ4n) is 3.14. The average molecular weight is 373 g/mol. The Morgan fingerprint density at radius 3 is 2.36 bits per heavy atom. The fourth-order valence-corrected chi connectivity index (χ4v) is 3.14. The first-order valence-corrected chi connectivity index (χ1v) is 9.25. The zero-order valence-electron chi connectivity index (χ0n) is 15.3. The van der Waals surface area contributed by atoms with Gasteiger partial charge in [0.05, 0.1) is 5.56 Å². The second-order valence-electron chi connectivity index (χ2n) is 6.49. The van der Waals surface area contributed by atoms with Crippen molar-refractivity contribution in [1.29, 1.82) is 0 Å². The minimum atomic E-state index is -0.281. The van der Waals surface area contributed by atoms with Crippen molar-refractivity contribution in [3.05, 3.63) is 90.5 Å². The second-order valence-corrected chi connectivity index (χ2v) is 6.49. The Hall–Kier alpha value is -3.47. The lowest BCUT2D eigenvalue weighted by atomic mass is 10.0. The lowest BCUT2D eigenvalue weighted by molar-refractivity contribution is 0.434. The number of anilines is 1. The SMILES string of the molecule is Fc1ccc(-c2noc(NCCCc3ccccc3)c2-c2ccncc2)cc1. The summed E-state index contributed by atoms with van der Waals surface area (Å²) in [5, 5.41) is 7.61. The minimum Gasteiger partial charge on any atom is -0.353 e. The van der Waals surface area contributed by atoms with Crippen molar-refractivity contribution in [3.63, 3.8) is 0 Å². The molecule has 0 fully saturated rings. The van der Waals surface area contributed by atoms with Crippen LogP contribution in [-0.4, -0.2) is 16.7 Å². The minimum absolute atomic E-state index is 0.281. The molecule has 0 saturated heterocycles. The molecule has 4 nitrogen and oxygen atoms in total. The van der Waals surface area contributed by atoms with Gasteiger partial charge in [0, 0.05) is 24.5 Å². The molecule has 0 spiro atoms. The monoisotopic (exact) mass is 373 g/mol. The summed E-state index contributed by atoms with van der Waals surface area (Å²) in [4.78, 5) is 4.09. The summed E-state index contributed by atoms with van der Waals surface area (Å²) in [5.74, 6) is 0.329. The predicted octanol–water partition coefficient (Wildman–Crippen LogP) is 5.59. The number of nitrogens with zero attached hydrogens (tertiary/aromatic N) is 2. The van der Waals surface area contributed by atoms with Crippen LogP contribution in [0.4, 0.5) is 10.3 Å². The Morgan fingerprint density at radius 1 is 0.857 bits per heavy atom. The van der Waals surface area contributed by atoms with Crippen molar-refractivity contribution in [3.8, 4) is 22.4 Å². The number of pyridine rings is 1. The van der Waals surface area contributed by atoms with Crippen molar-refractivity contribution in [2.24, 2.45) is 0 Å². The fraction of sp³-hybridized carbons (Fsp3) is 0.130. The van der Waals surface area contributed by atoms with Gasteiger partial charge < -0.3 is 9.84 Å². The Labute approximate surface area is 163 Å². The highest BCUT2D eigenvalue weighted by Gasteiger charge is 2.19. The molecule has 28 heavy (non-hydrogen) atoms. The van der Waals surface area contributed by atoms with Crippen LogP contribution in [0.3, 0.4) is 0 Å². The van der Waals surface area contributed by atoms with Gasteiger partial charge in [-0.05, 0) is 60.4 Å². The zero-order valence-corrected chi connectivity index (χ0v) is 15.3. The van der Waals surface area contributed by atoms with Crippen LogP contribution >= 0.6 is 0 Å². The Kier molecular flexibility index (Phi) is 5.43. The molecule has 0 aliphatic carbocycles. The van der Waals surface area contributed by atoms with Gasteiger partial charge in [0.1, 0.15) is 11.5 Å². The zero-order chi connectivity index (χ0) is 19.2. The maximum absolute atomic E-state index is 13.3. The number of rotatable bonds is 7. The first-order chi connectivity index (χ1) is 13.8. The molecule has 0 unspecified atom stereocenters. The number of hydrogen-bond acceptors (Lipinski definition) is 4. The lowest BCUT2D eigenvalue weighted by Gasteiger charge is -2.07. The van der Waals surface area contributed by atoms with E-state index in [9.17, 15) is 4.39 Å². The van der Waals surface area contributed by atoms with E-state index in [1.807, 2.05) is 18.2 Å². The van der Waals surface area contributed by atoms with E-state index in [4.69, 9.17) is 4.52 Å². The summed E-state index contributed by atoms with van der Waals surface area (Å²) in [7, 11) is 0. The van der Waals surface area contributed by atoms with Crippen LogP contribution in [0.15, 0.2) is 83.6 Å². The van der Waals surface area contributed by atoms with E-state index in [0.717, 1.165) is 36.1 Å². The van der Waals surface area contributed by atoms with Crippen LogP contribution in [-0.2, 0) is 6.42 Å². The van der Waals surface area contributed by atoms with Gasteiger partial charge in [0.2, 0.25) is 5.88 Å². The molecular weight excluding hydrogens is 353 g/mol. The molecule has 0 aliphatic heterocycles. The molecule has 0 aliphatic rings. The van der Waals surface area contributed by atoms with E-state index in [1.54, 1.807) is 24.5 Å². The van der Waals surface area contributed by atoms with Gasteiger partial charge in [-0.15, -0.1) is 0 Å². The smallest absolute Gasteiger partial charge is 0.233 e. The van der Waals surface area contributed by atoms with Gasteiger partial charge >= 0.3 is 0 Å². The molecule has 2 aromatic heterocycles. The standard InChI is InChI=1S/C23H20FN3O/c24-20-10-8-19(9-11-20)22-21(18-12-15-25-16-13-18)23(28-27-22)26-14-4-7-17-5-2-1-3-6-17/h1-3,5-6,8-13,15-16,26H,4,7,14H2. The molecule has 0 bridgehead atoms. The first kappa shape index (κ1) is 17.9. The number of halogens is 1. The van der Waals surface area contributed by atoms with Gasteiger partial charge in [0.15, 0.2) is 0 Å². The van der Waals surface area contributed by atoms with E-state index >= 15 is 0 Å². The van der Waals surface area contributed by atoms with Crippen molar-refractivity contribution < 1.29 is 8.91 Å². The summed E-state index contributed by atoms with van der Waals surface area (Å²) < 4.78 is 18.9. The molecule has 5 heteroatoms. The molecular formula is C23H20FN3O. The Morgan fingerprint density at radius 2 is 1.61 bits per heavy atom. The van der Waals surface area contributed by atoms with E-state index in [1.165, 1.54) is 17.7 Å². The molecule has 2 heterocycles. The Bertz CT molecular complexity index is 1010. The van der Waals surface area contributed by atoms with Gasteiger partial charge in [-0.25, -0.2) is 4.39 Å². The highest BCUT2D eigenvalue weighted by molar-refractivity contribution is 5.87. The van der Waals surface area contributed by atoms with Crippen LogP contribution in [0.2, 0.25) is 0 Å². The molecule has 0 radical (unpaired) electrons. The van der Waals surface area contributed by atoms with Crippen molar-refractivity contribution >= 4 is 5.88 Å². The summed E-state index contributed by atoms with van der Waals surface area (Å²) in [6.45, 7) is 0.755. The summed E-state index contributed by atoms with van der Waals surface area (Å²) in [6.07, 6.45) is 5.41. The molecule has 0 atom stereocenters. The first-order valence-electron chi connectivity index (χ1n) is 9.25. The maximum atomic E-state index is 13.3. The van der Waals surface area contributed by atoms with Gasteiger partial charge in [0.25, 0.3) is 0 Å². The molecule has 2 aromatic carbocycles. The van der Waals surface area contributed by atoms with Crippen LogP contribution < -0.4 is 5.32 Å². The third-order valence-corrected chi connectivity index (χ3v) is 4.55. The lowest BCUT2D eigenvalue weighted by Crippen LogP contribution is -2.03. The molecule has 140 valence electrons. The van der Waals surface area contributed by atoms with Crippen molar-refractivity contribution in [1.82, 2.24) is 10.1 Å². The number of aromatic nitrogens is 2. The number of nitrogens with one attached hydrogen (secondary N) is 1. The summed E-state index contributed by atoms with van der Waals surface area (Å²) in [6, 6.07) is 20.5. The molecule has 0 saturated carbocycles. The van der Waals surface area contributed by atoms with Gasteiger partial charge in [-0.3, -0.25) is 4.98 Å². The highest BCUT2D eigenvalue weighted by atomic mass is 19.1. The highest BCUT2D eigenvalue weighted by Crippen LogP contribution is 2.37. The average Bonchev–Trinajstić information content (AvgIpc) is 3.17.